The first kappa shape index (κ1) is 12.0. The molecule has 0 amide bonds. The van der Waals surface area contributed by atoms with Crippen molar-refractivity contribution in [2.24, 2.45) is 0 Å². The summed E-state index contributed by atoms with van der Waals surface area (Å²) in [5, 5.41) is 2.41. The Morgan fingerprint density at radius 1 is 0.889 bits per heavy atom. The summed E-state index contributed by atoms with van der Waals surface area (Å²) >= 11 is 2.34. The summed E-state index contributed by atoms with van der Waals surface area (Å²) in [7, 11) is 0. The van der Waals surface area contributed by atoms with Crippen LogP contribution >= 0.6 is 22.6 Å². The van der Waals surface area contributed by atoms with Crippen LogP contribution in [0.15, 0.2) is 40.8 Å². The normalized spacial score (nSPS) is 12.4. The quantitative estimate of drug-likeness (QED) is 0.489. The predicted molar refractivity (Wildman–Crippen MR) is 85.1 cm³/mol. The molecule has 0 N–H and O–H groups in total. The lowest BCUT2D eigenvalue weighted by molar-refractivity contribution is 0.587. The molecule has 3 aromatic rings. The van der Waals surface area contributed by atoms with E-state index in [1.807, 2.05) is 6.07 Å². The third-order valence-corrected chi connectivity index (χ3v) is 3.97. The molecule has 1 aromatic heterocycles. The van der Waals surface area contributed by atoms with Crippen LogP contribution in [-0.2, 0) is 5.41 Å². The highest BCUT2D eigenvalue weighted by atomic mass is 127. The van der Waals surface area contributed by atoms with E-state index in [1.165, 1.54) is 19.9 Å². The zero-order valence-electron chi connectivity index (χ0n) is 10.8. The molecule has 0 atom stereocenters. The average molecular weight is 350 g/mol. The molecule has 1 nitrogen and oxygen atoms in total. The van der Waals surface area contributed by atoms with Crippen LogP contribution < -0.4 is 0 Å². The van der Waals surface area contributed by atoms with Gasteiger partial charge in [0.25, 0.3) is 0 Å². The fourth-order valence-corrected chi connectivity index (χ4v) is 2.71. The van der Waals surface area contributed by atoms with E-state index in [4.69, 9.17) is 4.42 Å². The second-order valence-electron chi connectivity index (χ2n) is 5.70. The van der Waals surface area contributed by atoms with E-state index in [0.29, 0.717) is 0 Å². The van der Waals surface area contributed by atoms with Gasteiger partial charge in [0.2, 0.25) is 0 Å². The van der Waals surface area contributed by atoms with Gasteiger partial charge in [-0.2, -0.15) is 0 Å². The standard InChI is InChI=1S/C16H15IO/c1-16(2,3)10-4-6-12-13-9-11(17)5-7-14(13)18-15(12)8-10/h4-9H,1-3H3. The van der Waals surface area contributed by atoms with Gasteiger partial charge in [0.15, 0.2) is 0 Å². The monoisotopic (exact) mass is 350 g/mol. The van der Waals surface area contributed by atoms with Gasteiger partial charge in [-0.3, -0.25) is 0 Å². The van der Waals surface area contributed by atoms with Gasteiger partial charge in [-0.1, -0.05) is 32.9 Å². The maximum absolute atomic E-state index is 5.94. The van der Waals surface area contributed by atoms with Crippen LogP contribution in [0.4, 0.5) is 0 Å². The lowest BCUT2D eigenvalue weighted by Gasteiger charge is -2.18. The summed E-state index contributed by atoms with van der Waals surface area (Å²) in [6, 6.07) is 12.9. The summed E-state index contributed by atoms with van der Waals surface area (Å²) in [6.45, 7) is 6.67. The van der Waals surface area contributed by atoms with E-state index < -0.39 is 0 Å². The van der Waals surface area contributed by atoms with Gasteiger partial charge in [0.1, 0.15) is 11.2 Å². The third kappa shape index (κ3) is 1.92. The Morgan fingerprint density at radius 3 is 2.39 bits per heavy atom. The van der Waals surface area contributed by atoms with Gasteiger partial charge in [-0.05, 0) is 57.8 Å². The maximum Gasteiger partial charge on any atom is 0.135 e. The molecule has 0 unspecified atom stereocenters. The van der Waals surface area contributed by atoms with Crippen molar-refractivity contribution in [2.75, 3.05) is 0 Å². The van der Waals surface area contributed by atoms with Crippen molar-refractivity contribution < 1.29 is 4.42 Å². The Balaban J connectivity index is 2.34. The molecule has 0 bridgehead atoms. The predicted octanol–water partition coefficient (Wildman–Crippen LogP) is 5.49. The number of benzene rings is 2. The Kier molecular flexibility index (Phi) is 2.66. The van der Waals surface area contributed by atoms with E-state index in [0.717, 1.165) is 11.2 Å². The van der Waals surface area contributed by atoms with Crippen LogP contribution in [0.1, 0.15) is 26.3 Å². The summed E-state index contributed by atoms with van der Waals surface area (Å²) in [5.74, 6) is 0. The molecule has 0 aliphatic rings. The number of hydrogen-bond acceptors (Lipinski definition) is 1. The van der Waals surface area contributed by atoms with Crippen LogP contribution in [-0.4, -0.2) is 0 Å². The van der Waals surface area contributed by atoms with Crippen molar-refractivity contribution in [3.05, 3.63) is 45.5 Å². The SMILES string of the molecule is CC(C)(C)c1ccc2c(c1)oc1ccc(I)cc12. The number of rotatable bonds is 0. The molecule has 0 fully saturated rings. The van der Waals surface area contributed by atoms with Crippen molar-refractivity contribution in [1.82, 2.24) is 0 Å². The number of hydrogen-bond donors (Lipinski definition) is 0. The van der Waals surface area contributed by atoms with Gasteiger partial charge in [0.05, 0.1) is 0 Å². The topological polar surface area (TPSA) is 13.1 Å². The Morgan fingerprint density at radius 2 is 1.67 bits per heavy atom. The first-order valence-corrected chi connectivity index (χ1v) is 7.15. The van der Waals surface area contributed by atoms with Crippen molar-refractivity contribution in [3.8, 4) is 0 Å². The zero-order valence-corrected chi connectivity index (χ0v) is 12.9. The minimum Gasteiger partial charge on any atom is -0.456 e. The molecule has 18 heavy (non-hydrogen) atoms. The molecular weight excluding hydrogens is 335 g/mol. The average Bonchev–Trinajstić information content (AvgIpc) is 2.65. The molecular formula is C16H15IO. The van der Waals surface area contributed by atoms with Crippen LogP contribution in [0, 0.1) is 3.57 Å². The Bertz CT molecular complexity index is 732. The van der Waals surface area contributed by atoms with Crippen molar-refractivity contribution in [2.45, 2.75) is 26.2 Å². The molecule has 0 aliphatic heterocycles. The van der Waals surface area contributed by atoms with Crippen LogP contribution in [0.3, 0.4) is 0 Å². The maximum atomic E-state index is 5.94. The lowest BCUT2D eigenvalue weighted by atomic mass is 9.87. The molecule has 2 aromatic carbocycles. The van der Waals surface area contributed by atoms with Crippen molar-refractivity contribution in [1.29, 1.82) is 0 Å². The van der Waals surface area contributed by atoms with Crippen molar-refractivity contribution in [3.63, 3.8) is 0 Å². The highest BCUT2D eigenvalue weighted by Crippen LogP contribution is 2.33. The highest BCUT2D eigenvalue weighted by molar-refractivity contribution is 14.1. The minimum atomic E-state index is 0.154. The molecule has 1 heterocycles. The molecule has 3 rings (SSSR count). The lowest BCUT2D eigenvalue weighted by Crippen LogP contribution is -2.10. The van der Waals surface area contributed by atoms with Gasteiger partial charge in [-0.25, -0.2) is 0 Å². The number of halogens is 1. The molecule has 0 aliphatic carbocycles. The third-order valence-electron chi connectivity index (χ3n) is 3.30. The van der Waals surface area contributed by atoms with Gasteiger partial charge in [-0.15, -0.1) is 0 Å². The summed E-state index contributed by atoms with van der Waals surface area (Å²) in [4.78, 5) is 0. The van der Waals surface area contributed by atoms with Crippen LogP contribution in [0.2, 0.25) is 0 Å². The summed E-state index contributed by atoms with van der Waals surface area (Å²) < 4.78 is 7.18. The van der Waals surface area contributed by atoms with E-state index in [2.05, 4.69) is 73.7 Å². The highest BCUT2D eigenvalue weighted by Gasteiger charge is 2.16. The molecule has 0 spiro atoms. The largest absolute Gasteiger partial charge is 0.456 e. The number of fused-ring (bicyclic) bond motifs is 3. The first-order valence-electron chi connectivity index (χ1n) is 6.07. The van der Waals surface area contributed by atoms with E-state index in [9.17, 15) is 0 Å². The second-order valence-corrected chi connectivity index (χ2v) is 6.95. The molecule has 0 radical (unpaired) electrons. The summed E-state index contributed by atoms with van der Waals surface area (Å²) in [6.07, 6.45) is 0. The molecule has 2 heteroatoms. The first-order chi connectivity index (χ1) is 8.45. The van der Waals surface area contributed by atoms with Gasteiger partial charge >= 0.3 is 0 Å². The fourth-order valence-electron chi connectivity index (χ4n) is 2.22. The summed E-state index contributed by atoms with van der Waals surface area (Å²) in [5.41, 5.74) is 3.42. The Labute approximate surface area is 120 Å². The van der Waals surface area contributed by atoms with E-state index in [1.54, 1.807) is 0 Å². The molecule has 92 valence electrons. The van der Waals surface area contributed by atoms with E-state index in [-0.39, 0.29) is 5.41 Å². The van der Waals surface area contributed by atoms with Crippen LogP contribution in [0.25, 0.3) is 21.9 Å². The Hall–Kier alpha value is -1.03. The minimum absolute atomic E-state index is 0.154. The van der Waals surface area contributed by atoms with E-state index >= 15 is 0 Å². The second kappa shape index (κ2) is 3.98. The zero-order chi connectivity index (χ0) is 12.9. The van der Waals surface area contributed by atoms with Crippen LogP contribution in [0.5, 0.6) is 0 Å². The van der Waals surface area contributed by atoms with Gasteiger partial charge < -0.3 is 4.42 Å². The van der Waals surface area contributed by atoms with Gasteiger partial charge in [0, 0.05) is 14.3 Å². The molecule has 0 saturated carbocycles. The molecule has 0 saturated heterocycles. The smallest absolute Gasteiger partial charge is 0.135 e. The number of furan rings is 1. The van der Waals surface area contributed by atoms with Crippen molar-refractivity contribution >= 4 is 44.5 Å². The fraction of sp³-hybridized carbons (Fsp3) is 0.250.